The SMILES string of the molecule is C#CC(C)OC(=O)c1ccccc1C(=O)OCC1CCCCC1. The fourth-order valence-corrected chi connectivity index (χ4v) is 2.72. The van der Waals surface area contributed by atoms with Crippen LogP contribution < -0.4 is 0 Å². The monoisotopic (exact) mass is 314 g/mol. The molecule has 1 unspecified atom stereocenters. The summed E-state index contributed by atoms with van der Waals surface area (Å²) in [5, 5.41) is 0. The van der Waals surface area contributed by atoms with Crippen molar-refractivity contribution in [1.29, 1.82) is 0 Å². The third kappa shape index (κ3) is 4.85. The Labute approximate surface area is 137 Å². The van der Waals surface area contributed by atoms with Crippen molar-refractivity contribution in [3.63, 3.8) is 0 Å². The van der Waals surface area contributed by atoms with E-state index in [-0.39, 0.29) is 11.1 Å². The zero-order valence-electron chi connectivity index (χ0n) is 13.4. The highest BCUT2D eigenvalue weighted by molar-refractivity contribution is 6.03. The average molecular weight is 314 g/mol. The lowest BCUT2D eigenvalue weighted by Gasteiger charge is -2.21. The molecular weight excluding hydrogens is 292 g/mol. The standard InChI is InChI=1S/C19H22O4/c1-3-14(2)23-19(21)17-12-8-7-11-16(17)18(20)22-13-15-9-5-4-6-10-15/h1,7-8,11-12,14-15H,4-6,9-10,13H2,2H3. The number of terminal acetylenes is 1. The van der Waals surface area contributed by atoms with Gasteiger partial charge < -0.3 is 9.47 Å². The molecule has 0 N–H and O–H groups in total. The number of carbonyl (C=O) groups is 2. The quantitative estimate of drug-likeness (QED) is 0.615. The summed E-state index contributed by atoms with van der Waals surface area (Å²) >= 11 is 0. The maximum absolute atomic E-state index is 12.3. The molecule has 0 bridgehead atoms. The largest absolute Gasteiger partial charge is 0.462 e. The molecule has 0 radical (unpaired) electrons. The van der Waals surface area contributed by atoms with Gasteiger partial charge in [0, 0.05) is 0 Å². The summed E-state index contributed by atoms with van der Waals surface area (Å²) in [7, 11) is 0. The second-order valence-electron chi connectivity index (χ2n) is 5.86. The first-order chi connectivity index (χ1) is 11.1. The molecule has 1 atom stereocenters. The third-order valence-corrected chi connectivity index (χ3v) is 4.06. The summed E-state index contributed by atoms with van der Waals surface area (Å²) < 4.78 is 10.5. The maximum Gasteiger partial charge on any atom is 0.340 e. The van der Waals surface area contributed by atoms with E-state index in [4.69, 9.17) is 15.9 Å². The van der Waals surface area contributed by atoms with Crippen LogP contribution in [0.3, 0.4) is 0 Å². The summed E-state index contributed by atoms with van der Waals surface area (Å²) in [6, 6.07) is 6.48. The molecule has 4 heteroatoms. The van der Waals surface area contributed by atoms with E-state index in [9.17, 15) is 9.59 Å². The molecule has 1 aromatic carbocycles. The van der Waals surface area contributed by atoms with E-state index in [2.05, 4.69) is 5.92 Å². The van der Waals surface area contributed by atoms with Crippen LogP contribution in [0.25, 0.3) is 0 Å². The lowest BCUT2D eigenvalue weighted by molar-refractivity contribution is 0.0375. The minimum atomic E-state index is -0.645. The molecule has 1 saturated carbocycles. The van der Waals surface area contributed by atoms with Crippen LogP contribution in [0.15, 0.2) is 24.3 Å². The van der Waals surface area contributed by atoms with Crippen molar-refractivity contribution in [2.24, 2.45) is 5.92 Å². The topological polar surface area (TPSA) is 52.6 Å². The number of rotatable bonds is 5. The normalized spacial score (nSPS) is 16.2. The molecule has 1 aromatic rings. The minimum absolute atomic E-state index is 0.184. The van der Waals surface area contributed by atoms with E-state index in [1.54, 1.807) is 31.2 Å². The summed E-state index contributed by atoms with van der Waals surface area (Å²) in [5.74, 6) is 1.65. The van der Waals surface area contributed by atoms with Crippen LogP contribution in [-0.2, 0) is 9.47 Å². The molecule has 122 valence electrons. The predicted molar refractivity (Wildman–Crippen MR) is 87.0 cm³/mol. The first-order valence-corrected chi connectivity index (χ1v) is 8.05. The van der Waals surface area contributed by atoms with E-state index < -0.39 is 18.0 Å². The van der Waals surface area contributed by atoms with Gasteiger partial charge in [0.15, 0.2) is 6.10 Å². The Morgan fingerprint density at radius 3 is 2.39 bits per heavy atom. The van der Waals surface area contributed by atoms with Gasteiger partial charge >= 0.3 is 11.9 Å². The second kappa shape index (κ2) is 8.38. The van der Waals surface area contributed by atoms with Gasteiger partial charge in [-0.25, -0.2) is 9.59 Å². The van der Waals surface area contributed by atoms with E-state index in [1.165, 1.54) is 19.3 Å². The first-order valence-electron chi connectivity index (χ1n) is 8.05. The Morgan fingerprint density at radius 1 is 1.17 bits per heavy atom. The summed E-state index contributed by atoms with van der Waals surface area (Å²) in [6.07, 6.45) is 10.4. The Morgan fingerprint density at radius 2 is 1.78 bits per heavy atom. The number of esters is 2. The van der Waals surface area contributed by atoms with Crippen LogP contribution >= 0.6 is 0 Å². The summed E-state index contributed by atoms with van der Waals surface area (Å²) in [4.78, 5) is 24.4. The van der Waals surface area contributed by atoms with Crippen molar-refractivity contribution in [2.75, 3.05) is 6.61 Å². The second-order valence-corrected chi connectivity index (χ2v) is 5.86. The lowest BCUT2D eigenvalue weighted by atomic mass is 9.90. The Bertz CT molecular complexity index is 594. The third-order valence-electron chi connectivity index (χ3n) is 4.06. The van der Waals surface area contributed by atoms with Crippen LogP contribution in [0, 0.1) is 18.3 Å². The first kappa shape index (κ1) is 17.1. The predicted octanol–water partition coefficient (Wildman–Crippen LogP) is 3.60. The highest BCUT2D eigenvalue weighted by Crippen LogP contribution is 2.24. The van der Waals surface area contributed by atoms with Gasteiger partial charge in [-0.1, -0.05) is 37.3 Å². The fraction of sp³-hybridized carbons (Fsp3) is 0.474. The molecule has 4 nitrogen and oxygen atoms in total. The van der Waals surface area contributed by atoms with E-state index >= 15 is 0 Å². The zero-order chi connectivity index (χ0) is 16.7. The Hall–Kier alpha value is -2.28. The highest BCUT2D eigenvalue weighted by atomic mass is 16.5. The van der Waals surface area contributed by atoms with Gasteiger partial charge in [-0.3, -0.25) is 0 Å². The minimum Gasteiger partial charge on any atom is -0.462 e. The average Bonchev–Trinajstić information content (AvgIpc) is 2.60. The Balaban J connectivity index is 2.02. The Kier molecular flexibility index (Phi) is 6.22. The lowest BCUT2D eigenvalue weighted by Crippen LogP contribution is -2.20. The van der Waals surface area contributed by atoms with Crippen molar-refractivity contribution in [2.45, 2.75) is 45.1 Å². The van der Waals surface area contributed by atoms with Gasteiger partial charge in [-0.05, 0) is 37.8 Å². The van der Waals surface area contributed by atoms with Crippen molar-refractivity contribution in [3.8, 4) is 12.3 Å². The molecule has 1 fully saturated rings. The van der Waals surface area contributed by atoms with Gasteiger partial charge in [0.2, 0.25) is 0 Å². The van der Waals surface area contributed by atoms with Crippen LogP contribution in [0.4, 0.5) is 0 Å². The van der Waals surface area contributed by atoms with Crippen molar-refractivity contribution < 1.29 is 19.1 Å². The number of hydrogen-bond donors (Lipinski definition) is 0. The molecule has 0 aromatic heterocycles. The molecule has 0 saturated heterocycles. The molecule has 0 heterocycles. The molecule has 0 spiro atoms. The van der Waals surface area contributed by atoms with Gasteiger partial charge in [-0.2, -0.15) is 0 Å². The van der Waals surface area contributed by atoms with Crippen LogP contribution in [-0.4, -0.2) is 24.6 Å². The van der Waals surface area contributed by atoms with Crippen molar-refractivity contribution >= 4 is 11.9 Å². The van der Waals surface area contributed by atoms with Crippen LogP contribution in [0.5, 0.6) is 0 Å². The van der Waals surface area contributed by atoms with Crippen molar-refractivity contribution in [1.82, 2.24) is 0 Å². The number of ether oxygens (including phenoxy) is 2. The van der Waals surface area contributed by atoms with Gasteiger partial charge in [0.25, 0.3) is 0 Å². The number of hydrogen-bond acceptors (Lipinski definition) is 4. The summed E-state index contributed by atoms with van der Waals surface area (Å²) in [5.41, 5.74) is 0.403. The maximum atomic E-state index is 12.3. The zero-order valence-corrected chi connectivity index (χ0v) is 13.4. The fourth-order valence-electron chi connectivity index (χ4n) is 2.72. The molecule has 0 aliphatic heterocycles. The van der Waals surface area contributed by atoms with E-state index in [0.29, 0.717) is 12.5 Å². The van der Waals surface area contributed by atoms with Crippen LogP contribution in [0.2, 0.25) is 0 Å². The molecule has 0 amide bonds. The number of carbonyl (C=O) groups excluding carboxylic acids is 2. The van der Waals surface area contributed by atoms with E-state index in [1.807, 2.05) is 0 Å². The van der Waals surface area contributed by atoms with Gasteiger partial charge in [0.05, 0.1) is 17.7 Å². The number of benzene rings is 1. The molecule has 1 aliphatic rings. The molecule has 2 rings (SSSR count). The summed E-state index contributed by atoms with van der Waals surface area (Å²) in [6.45, 7) is 2.00. The molecule has 23 heavy (non-hydrogen) atoms. The highest BCUT2D eigenvalue weighted by Gasteiger charge is 2.22. The molecular formula is C19H22O4. The van der Waals surface area contributed by atoms with Crippen LogP contribution in [0.1, 0.15) is 59.7 Å². The molecule has 1 aliphatic carbocycles. The van der Waals surface area contributed by atoms with Crippen molar-refractivity contribution in [3.05, 3.63) is 35.4 Å². The smallest absolute Gasteiger partial charge is 0.340 e. The van der Waals surface area contributed by atoms with Gasteiger partial charge in [-0.15, -0.1) is 6.42 Å². The van der Waals surface area contributed by atoms with E-state index in [0.717, 1.165) is 12.8 Å². The van der Waals surface area contributed by atoms with Gasteiger partial charge in [0.1, 0.15) is 0 Å².